The number of amides is 1. The number of ether oxygens (including phenoxy) is 1. The molecule has 0 aliphatic carbocycles. The third kappa shape index (κ3) is 5.54. The molecule has 2 heterocycles. The Labute approximate surface area is 150 Å². The fourth-order valence-electron chi connectivity index (χ4n) is 2.17. The number of thiazole rings is 1. The van der Waals surface area contributed by atoms with Crippen molar-refractivity contribution in [2.24, 2.45) is 0 Å². The van der Waals surface area contributed by atoms with Gasteiger partial charge >= 0.3 is 0 Å². The molecule has 0 radical (unpaired) electrons. The second-order valence-corrected chi connectivity index (χ2v) is 7.66. The van der Waals surface area contributed by atoms with Gasteiger partial charge in [-0.15, -0.1) is 11.3 Å². The van der Waals surface area contributed by atoms with Crippen molar-refractivity contribution in [3.8, 4) is 0 Å². The van der Waals surface area contributed by atoms with Crippen LogP contribution in [-0.2, 0) is 16.1 Å². The van der Waals surface area contributed by atoms with Crippen LogP contribution in [0.4, 0.5) is 0 Å². The van der Waals surface area contributed by atoms with Gasteiger partial charge in [-0.2, -0.15) is 0 Å². The van der Waals surface area contributed by atoms with E-state index in [9.17, 15) is 4.79 Å². The molecule has 0 bridgehead atoms. The van der Waals surface area contributed by atoms with Crippen LogP contribution in [0.2, 0.25) is 0 Å². The van der Waals surface area contributed by atoms with E-state index in [0.717, 1.165) is 16.4 Å². The smallest absolute Gasteiger partial charge is 0.236 e. The molecule has 0 spiro atoms. The number of carbonyl (C=O) groups excluding carboxylic acids is 1. The first kappa shape index (κ1) is 18.8. The van der Waals surface area contributed by atoms with Crippen LogP contribution in [-0.4, -0.2) is 51.3 Å². The fourth-order valence-corrected chi connectivity index (χ4v) is 3.77. The number of thioether (sulfide) groups is 1. The molecule has 0 aliphatic heterocycles. The van der Waals surface area contributed by atoms with Gasteiger partial charge in [-0.25, -0.2) is 15.0 Å². The monoisotopic (exact) mass is 366 g/mol. The number of aromatic nitrogens is 3. The summed E-state index contributed by atoms with van der Waals surface area (Å²) < 4.78 is 5.13. The molecule has 0 fully saturated rings. The van der Waals surface area contributed by atoms with Gasteiger partial charge in [-0.1, -0.05) is 11.8 Å². The van der Waals surface area contributed by atoms with Gasteiger partial charge in [0, 0.05) is 36.6 Å². The lowest BCUT2D eigenvalue weighted by atomic mass is 10.3. The number of nitrogens with zero attached hydrogens (tertiary/aromatic N) is 4. The fraction of sp³-hybridized carbons (Fsp3) is 0.500. The van der Waals surface area contributed by atoms with E-state index in [1.807, 2.05) is 32.2 Å². The van der Waals surface area contributed by atoms with Crippen LogP contribution in [0.5, 0.6) is 0 Å². The Balaban J connectivity index is 2.06. The highest BCUT2D eigenvalue weighted by molar-refractivity contribution is 8.00. The van der Waals surface area contributed by atoms with E-state index in [4.69, 9.17) is 4.74 Å². The number of methoxy groups -OCH3 is 1. The molecule has 0 aromatic carbocycles. The maximum absolute atomic E-state index is 12.8. The zero-order chi connectivity index (χ0) is 17.5. The number of hydrogen-bond acceptors (Lipinski definition) is 7. The summed E-state index contributed by atoms with van der Waals surface area (Å²) in [4.78, 5) is 27.7. The summed E-state index contributed by atoms with van der Waals surface area (Å²) in [5.74, 6) is 0.0370. The number of carbonyl (C=O) groups is 1. The molecule has 130 valence electrons. The molecule has 0 saturated heterocycles. The summed E-state index contributed by atoms with van der Waals surface area (Å²) in [7, 11) is 1.63. The van der Waals surface area contributed by atoms with E-state index < -0.39 is 0 Å². The quantitative estimate of drug-likeness (QED) is 0.528. The minimum absolute atomic E-state index is 0.0370. The molecule has 24 heavy (non-hydrogen) atoms. The average Bonchev–Trinajstić information content (AvgIpc) is 3.02. The number of aryl methyl sites for hydroxylation is 2. The second kappa shape index (κ2) is 9.10. The lowest BCUT2D eigenvalue weighted by Crippen LogP contribution is -2.38. The lowest BCUT2D eigenvalue weighted by Gasteiger charge is -2.24. The number of rotatable bonds is 8. The zero-order valence-corrected chi connectivity index (χ0v) is 16.0. The molecule has 0 aliphatic rings. The summed E-state index contributed by atoms with van der Waals surface area (Å²) >= 11 is 2.93. The van der Waals surface area contributed by atoms with Crippen LogP contribution in [0.1, 0.15) is 23.3 Å². The van der Waals surface area contributed by atoms with E-state index >= 15 is 0 Å². The molecule has 1 unspecified atom stereocenters. The van der Waals surface area contributed by atoms with E-state index in [2.05, 4.69) is 15.0 Å². The van der Waals surface area contributed by atoms with Gasteiger partial charge in [0.2, 0.25) is 5.91 Å². The summed E-state index contributed by atoms with van der Waals surface area (Å²) in [5.41, 5.74) is 1.81. The third-order valence-electron chi connectivity index (χ3n) is 3.28. The van der Waals surface area contributed by atoms with E-state index in [0.29, 0.717) is 24.9 Å². The molecule has 2 rings (SSSR count). The Morgan fingerprint density at radius 3 is 2.67 bits per heavy atom. The minimum Gasteiger partial charge on any atom is -0.383 e. The first-order valence-electron chi connectivity index (χ1n) is 7.64. The van der Waals surface area contributed by atoms with Crippen molar-refractivity contribution >= 4 is 29.0 Å². The van der Waals surface area contributed by atoms with Crippen LogP contribution in [0, 0.1) is 13.8 Å². The predicted molar refractivity (Wildman–Crippen MR) is 96.2 cm³/mol. The second-order valence-electron chi connectivity index (χ2n) is 5.37. The summed E-state index contributed by atoms with van der Waals surface area (Å²) in [6, 6.07) is 1.92. The van der Waals surface area contributed by atoms with Gasteiger partial charge in [0.15, 0.2) is 5.16 Å². The van der Waals surface area contributed by atoms with Crippen LogP contribution in [0.3, 0.4) is 0 Å². The van der Waals surface area contributed by atoms with Gasteiger partial charge in [0.25, 0.3) is 0 Å². The molecule has 2 aromatic heterocycles. The van der Waals surface area contributed by atoms with Gasteiger partial charge in [0.1, 0.15) is 5.01 Å². The van der Waals surface area contributed by atoms with Gasteiger partial charge in [-0.05, 0) is 26.8 Å². The average molecular weight is 367 g/mol. The standard InChI is InChI=1S/C16H22N4O2S2/c1-11-9-12(2)19-16(18-11)24-13(3)15(21)20(6-7-22-4)10-14-17-5-8-23-14/h5,8-9,13H,6-7,10H2,1-4H3. The Hall–Kier alpha value is -1.51. The Kier molecular flexibility index (Phi) is 7.14. The van der Waals surface area contributed by atoms with Crippen LogP contribution >= 0.6 is 23.1 Å². The Morgan fingerprint density at radius 1 is 1.38 bits per heavy atom. The normalized spacial score (nSPS) is 12.2. The molecule has 0 N–H and O–H groups in total. The van der Waals surface area contributed by atoms with Crippen molar-refractivity contribution in [1.29, 1.82) is 0 Å². The SMILES string of the molecule is COCCN(Cc1nccs1)C(=O)C(C)Sc1nc(C)cc(C)n1. The lowest BCUT2D eigenvalue weighted by molar-refractivity contribution is -0.131. The van der Waals surface area contributed by atoms with E-state index in [1.165, 1.54) is 11.8 Å². The maximum atomic E-state index is 12.8. The highest BCUT2D eigenvalue weighted by Gasteiger charge is 2.23. The molecular weight excluding hydrogens is 344 g/mol. The molecule has 0 saturated carbocycles. The van der Waals surface area contributed by atoms with Crippen molar-refractivity contribution in [2.75, 3.05) is 20.3 Å². The van der Waals surface area contributed by atoms with E-state index in [-0.39, 0.29) is 11.2 Å². The topological polar surface area (TPSA) is 68.2 Å². The molecule has 2 aromatic rings. The first-order valence-corrected chi connectivity index (χ1v) is 9.40. The van der Waals surface area contributed by atoms with Gasteiger partial charge < -0.3 is 9.64 Å². The zero-order valence-electron chi connectivity index (χ0n) is 14.4. The molecular formula is C16H22N4O2S2. The minimum atomic E-state index is -0.275. The first-order chi connectivity index (χ1) is 11.5. The van der Waals surface area contributed by atoms with Crippen LogP contribution in [0.15, 0.2) is 22.8 Å². The van der Waals surface area contributed by atoms with Gasteiger partial charge in [-0.3, -0.25) is 4.79 Å². The van der Waals surface area contributed by atoms with Crippen molar-refractivity contribution in [2.45, 2.75) is 37.7 Å². The largest absolute Gasteiger partial charge is 0.383 e. The Bertz CT molecular complexity index is 644. The summed E-state index contributed by atoms with van der Waals surface area (Å²) in [6.45, 7) is 7.27. The van der Waals surface area contributed by atoms with Crippen LogP contribution in [0.25, 0.3) is 0 Å². The van der Waals surface area contributed by atoms with Gasteiger partial charge in [0.05, 0.1) is 18.4 Å². The summed E-state index contributed by atoms with van der Waals surface area (Å²) in [6.07, 6.45) is 1.75. The highest BCUT2D eigenvalue weighted by atomic mass is 32.2. The molecule has 1 amide bonds. The van der Waals surface area contributed by atoms with Crippen molar-refractivity contribution in [3.63, 3.8) is 0 Å². The molecule has 8 heteroatoms. The van der Waals surface area contributed by atoms with Crippen LogP contribution < -0.4 is 0 Å². The van der Waals surface area contributed by atoms with Crippen molar-refractivity contribution in [1.82, 2.24) is 19.9 Å². The third-order valence-corrected chi connectivity index (χ3v) is 4.99. The highest BCUT2D eigenvalue weighted by Crippen LogP contribution is 2.22. The van der Waals surface area contributed by atoms with Crippen molar-refractivity contribution < 1.29 is 9.53 Å². The maximum Gasteiger partial charge on any atom is 0.236 e. The van der Waals surface area contributed by atoms with E-state index in [1.54, 1.807) is 29.5 Å². The number of hydrogen-bond donors (Lipinski definition) is 0. The Morgan fingerprint density at radius 2 is 2.08 bits per heavy atom. The molecule has 6 nitrogen and oxygen atoms in total. The summed E-state index contributed by atoms with van der Waals surface area (Å²) in [5, 5.41) is 3.19. The molecule has 1 atom stereocenters. The predicted octanol–water partition coefficient (Wildman–Crippen LogP) is 2.71. The van der Waals surface area contributed by atoms with Crippen molar-refractivity contribution in [3.05, 3.63) is 34.0 Å².